The SMILES string of the molecule is CC(C)c1nc2cc(NC(=O)CN3CCS(=O)(=O)CC3)ccc2o1. The number of aromatic nitrogens is 1. The van der Waals surface area contributed by atoms with Gasteiger partial charge in [0, 0.05) is 24.7 Å². The molecule has 2 heterocycles. The molecule has 1 aromatic carbocycles. The van der Waals surface area contributed by atoms with Crippen molar-refractivity contribution in [3.05, 3.63) is 24.1 Å². The van der Waals surface area contributed by atoms with Gasteiger partial charge in [-0.05, 0) is 18.2 Å². The quantitative estimate of drug-likeness (QED) is 0.900. The molecule has 0 spiro atoms. The minimum atomic E-state index is -2.93. The molecular formula is C16H21N3O4S. The van der Waals surface area contributed by atoms with Crippen LogP contribution in [0.4, 0.5) is 5.69 Å². The molecular weight excluding hydrogens is 330 g/mol. The van der Waals surface area contributed by atoms with Gasteiger partial charge in [-0.3, -0.25) is 9.69 Å². The third-order valence-electron chi connectivity index (χ3n) is 3.99. The van der Waals surface area contributed by atoms with E-state index in [4.69, 9.17) is 4.42 Å². The Balaban J connectivity index is 1.63. The van der Waals surface area contributed by atoms with E-state index in [1.165, 1.54) is 0 Å². The summed E-state index contributed by atoms with van der Waals surface area (Å²) >= 11 is 0. The number of hydrogen-bond acceptors (Lipinski definition) is 6. The number of nitrogens with one attached hydrogen (secondary N) is 1. The average Bonchev–Trinajstić information content (AvgIpc) is 2.93. The van der Waals surface area contributed by atoms with Gasteiger partial charge in [0.15, 0.2) is 21.3 Å². The Kier molecular flexibility index (Phi) is 4.60. The first kappa shape index (κ1) is 16.9. The Morgan fingerprint density at radius 2 is 2.04 bits per heavy atom. The largest absolute Gasteiger partial charge is 0.440 e. The summed E-state index contributed by atoms with van der Waals surface area (Å²) in [5.41, 5.74) is 2.05. The molecule has 0 saturated carbocycles. The van der Waals surface area contributed by atoms with E-state index in [1.807, 2.05) is 18.7 Å². The van der Waals surface area contributed by atoms with E-state index in [9.17, 15) is 13.2 Å². The Bertz CT molecular complexity index is 843. The summed E-state index contributed by atoms with van der Waals surface area (Å²) in [5, 5.41) is 2.83. The van der Waals surface area contributed by atoms with Gasteiger partial charge in [-0.2, -0.15) is 0 Å². The van der Waals surface area contributed by atoms with Crippen molar-refractivity contribution in [2.45, 2.75) is 19.8 Å². The highest BCUT2D eigenvalue weighted by Crippen LogP contribution is 2.23. The van der Waals surface area contributed by atoms with Crippen LogP contribution in [0.3, 0.4) is 0 Å². The second-order valence-electron chi connectivity index (χ2n) is 6.37. The van der Waals surface area contributed by atoms with Gasteiger partial charge < -0.3 is 9.73 Å². The minimum absolute atomic E-state index is 0.114. The topological polar surface area (TPSA) is 92.5 Å². The van der Waals surface area contributed by atoms with Crippen molar-refractivity contribution in [1.29, 1.82) is 0 Å². The highest BCUT2D eigenvalue weighted by Gasteiger charge is 2.23. The fourth-order valence-electron chi connectivity index (χ4n) is 2.58. The maximum atomic E-state index is 12.1. The Hall–Kier alpha value is -1.93. The van der Waals surface area contributed by atoms with Gasteiger partial charge in [0.1, 0.15) is 5.52 Å². The lowest BCUT2D eigenvalue weighted by atomic mass is 10.2. The second kappa shape index (κ2) is 6.52. The van der Waals surface area contributed by atoms with Gasteiger partial charge in [-0.15, -0.1) is 0 Å². The zero-order chi connectivity index (χ0) is 17.3. The molecule has 0 atom stereocenters. The molecule has 1 N–H and O–H groups in total. The van der Waals surface area contributed by atoms with Crippen LogP contribution in [0.15, 0.2) is 22.6 Å². The third kappa shape index (κ3) is 3.93. The van der Waals surface area contributed by atoms with Crippen LogP contribution >= 0.6 is 0 Å². The molecule has 1 amide bonds. The molecule has 0 bridgehead atoms. The van der Waals surface area contributed by atoms with Crippen LogP contribution in [0.2, 0.25) is 0 Å². The number of nitrogens with zero attached hydrogens (tertiary/aromatic N) is 2. The lowest BCUT2D eigenvalue weighted by molar-refractivity contribution is -0.117. The number of sulfone groups is 1. The van der Waals surface area contributed by atoms with Gasteiger partial charge >= 0.3 is 0 Å². The zero-order valence-corrected chi connectivity index (χ0v) is 14.6. The minimum Gasteiger partial charge on any atom is -0.440 e. The van der Waals surface area contributed by atoms with Crippen molar-refractivity contribution in [3.63, 3.8) is 0 Å². The predicted octanol–water partition coefficient (Wildman–Crippen LogP) is 1.62. The second-order valence-corrected chi connectivity index (χ2v) is 8.67. The van der Waals surface area contributed by atoms with E-state index >= 15 is 0 Å². The van der Waals surface area contributed by atoms with Crippen molar-refractivity contribution in [2.75, 3.05) is 36.5 Å². The number of carbonyl (C=O) groups excluding carboxylic acids is 1. The third-order valence-corrected chi connectivity index (χ3v) is 5.60. The van der Waals surface area contributed by atoms with E-state index in [-0.39, 0.29) is 29.9 Å². The van der Waals surface area contributed by atoms with Crippen LogP contribution in [0.5, 0.6) is 0 Å². The Morgan fingerprint density at radius 3 is 2.71 bits per heavy atom. The lowest BCUT2D eigenvalue weighted by Crippen LogP contribution is -2.43. The van der Waals surface area contributed by atoms with E-state index < -0.39 is 9.84 Å². The number of benzene rings is 1. The standard InChI is InChI=1S/C16H21N3O4S/c1-11(2)16-18-13-9-12(3-4-14(13)23-16)17-15(20)10-19-5-7-24(21,22)8-6-19/h3-4,9,11H,5-8,10H2,1-2H3,(H,17,20). The van der Waals surface area contributed by atoms with Crippen molar-refractivity contribution in [3.8, 4) is 0 Å². The normalized spacial score (nSPS) is 18.1. The van der Waals surface area contributed by atoms with Crippen LogP contribution < -0.4 is 5.32 Å². The molecule has 1 saturated heterocycles. The van der Waals surface area contributed by atoms with Gasteiger partial charge in [0.05, 0.1) is 18.1 Å². The summed E-state index contributed by atoms with van der Waals surface area (Å²) in [6.45, 7) is 4.99. The van der Waals surface area contributed by atoms with Gasteiger partial charge in [0.2, 0.25) is 5.91 Å². The molecule has 0 aliphatic carbocycles. The van der Waals surface area contributed by atoms with Crippen molar-refractivity contribution in [1.82, 2.24) is 9.88 Å². The maximum Gasteiger partial charge on any atom is 0.238 e. The summed E-state index contributed by atoms with van der Waals surface area (Å²) in [6, 6.07) is 5.34. The van der Waals surface area contributed by atoms with Crippen LogP contribution in [0.1, 0.15) is 25.7 Å². The fourth-order valence-corrected chi connectivity index (χ4v) is 3.86. The molecule has 1 aliphatic heterocycles. The van der Waals surface area contributed by atoms with Crippen molar-refractivity contribution in [2.24, 2.45) is 0 Å². The summed E-state index contributed by atoms with van der Waals surface area (Å²) in [5.74, 6) is 0.932. The van der Waals surface area contributed by atoms with E-state index in [0.29, 0.717) is 35.8 Å². The molecule has 130 valence electrons. The molecule has 2 aromatic rings. The van der Waals surface area contributed by atoms with E-state index in [1.54, 1.807) is 18.2 Å². The predicted molar refractivity (Wildman–Crippen MR) is 91.8 cm³/mol. The average molecular weight is 351 g/mol. The number of carbonyl (C=O) groups is 1. The molecule has 1 fully saturated rings. The first-order valence-corrected chi connectivity index (χ1v) is 9.78. The van der Waals surface area contributed by atoms with E-state index in [2.05, 4.69) is 10.3 Å². The molecule has 8 heteroatoms. The van der Waals surface area contributed by atoms with Gasteiger partial charge in [0.25, 0.3) is 0 Å². The number of rotatable bonds is 4. The first-order valence-electron chi connectivity index (χ1n) is 7.95. The number of oxazole rings is 1. The lowest BCUT2D eigenvalue weighted by Gasteiger charge is -2.25. The molecule has 0 radical (unpaired) electrons. The molecule has 3 rings (SSSR count). The molecule has 1 aromatic heterocycles. The fraction of sp³-hybridized carbons (Fsp3) is 0.500. The number of hydrogen-bond donors (Lipinski definition) is 1. The Labute approximate surface area is 141 Å². The number of amides is 1. The molecule has 0 unspecified atom stereocenters. The first-order chi connectivity index (χ1) is 11.3. The maximum absolute atomic E-state index is 12.1. The number of anilines is 1. The van der Waals surface area contributed by atoms with Crippen LogP contribution in [-0.2, 0) is 14.6 Å². The number of fused-ring (bicyclic) bond motifs is 1. The summed E-state index contributed by atoms with van der Waals surface area (Å²) < 4.78 is 28.4. The molecule has 7 nitrogen and oxygen atoms in total. The smallest absolute Gasteiger partial charge is 0.238 e. The van der Waals surface area contributed by atoms with Crippen LogP contribution in [0.25, 0.3) is 11.1 Å². The summed E-state index contributed by atoms with van der Waals surface area (Å²) in [4.78, 5) is 18.4. The van der Waals surface area contributed by atoms with Gasteiger partial charge in [-0.25, -0.2) is 13.4 Å². The zero-order valence-electron chi connectivity index (χ0n) is 13.8. The summed E-state index contributed by atoms with van der Waals surface area (Å²) in [7, 11) is -2.93. The Morgan fingerprint density at radius 1 is 1.33 bits per heavy atom. The van der Waals surface area contributed by atoms with Crippen molar-refractivity contribution >= 4 is 32.5 Å². The molecule has 1 aliphatic rings. The monoisotopic (exact) mass is 351 g/mol. The van der Waals surface area contributed by atoms with Crippen molar-refractivity contribution < 1.29 is 17.6 Å². The van der Waals surface area contributed by atoms with Crippen LogP contribution in [-0.4, -0.2) is 55.3 Å². The van der Waals surface area contributed by atoms with Crippen LogP contribution in [0, 0.1) is 0 Å². The van der Waals surface area contributed by atoms with Gasteiger partial charge in [-0.1, -0.05) is 13.8 Å². The summed E-state index contributed by atoms with van der Waals surface area (Å²) in [6.07, 6.45) is 0. The highest BCUT2D eigenvalue weighted by atomic mass is 32.2. The van der Waals surface area contributed by atoms with E-state index in [0.717, 1.165) is 0 Å². The highest BCUT2D eigenvalue weighted by molar-refractivity contribution is 7.91. The molecule has 24 heavy (non-hydrogen) atoms.